The minimum Gasteiger partial charge on any atom is -0.455 e. The quantitative estimate of drug-likeness (QED) is 0.511. The van der Waals surface area contributed by atoms with Crippen LogP contribution in [-0.4, -0.2) is 11.2 Å². The van der Waals surface area contributed by atoms with Gasteiger partial charge in [0, 0.05) is 16.7 Å². The van der Waals surface area contributed by atoms with Crippen molar-refractivity contribution in [3.63, 3.8) is 0 Å². The number of ether oxygens (including phenoxy) is 1. The van der Waals surface area contributed by atoms with Crippen LogP contribution in [0.15, 0.2) is 71.8 Å². The molecule has 0 saturated heterocycles. The lowest BCUT2D eigenvalue weighted by Crippen LogP contribution is -2.04. The van der Waals surface area contributed by atoms with Gasteiger partial charge < -0.3 is 4.74 Å². The second-order valence-corrected chi connectivity index (χ2v) is 6.08. The Labute approximate surface area is 147 Å². The molecule has 128 valence electrons. The highest BCUT2D eigenvalue weighted by Crippen LogP contribution is 2.34. The van der Waals surface area contributed by atoms with Crippen molar-refractivity contribution in [1.29, 1.82) is 0 Å². The SMILES string of the molecule is CSc1ccc(-c2ncccc2Oc2ccc(C(F)(F)F)cc2)cc1. The molecule has 25 heavy (non-hydrogen) atoms. The Bertz CT molecular complexity index is 846. The van der Waals surface area contributed by atoms with E-state index < -0.39 is 11.7 Å². The molecule has 1 aromatic heterocycles. The number of alkyl halides is 3. The summed E-state index contributed by atoms with van der Waals surface area (Å²) < 4.78 is 43.7. The van der Waals surface area contributed by atoms with Crippen LogP contribution in [0, 0.1) is 0 Å². The van der Waals surface area contributed by atoms with Gasteiger partial charge in [0.2, 0.25) is 0 Å². The van der Waals surface area contributed by atoms with Gasteiger partial charge in [0.05, 0.1) is 5.56 Å². The first kappa shape index (κ1) is 17.4. The van der Waals surface area contributed by atoms with E-state index in [2.05, 4.69) is 4.98 Å². The lowest BCUT2D eigenvalue weighted by Gasteiger charge is -2.12. The zero-order valence-electron chi connectivity index (χ0n) is 13.2. The number of halogens is 3. The molecular formula is C19H14F3NOS. The van der Waals surface area contributed by atoms with Gasteiger partial charge >= 0.3 is 6.18 Å². The Morgan fingerprint density at radius 1 is 0.920 bits per heavy atom. The van der Waals surface area contributed by atoms with Crippen LogP contribution in [0.3, 0.4) is 0 Å². The number of hydrogen-bond donors (Lipinski definition) is 0. The van der Waals surface area contributed by atoms with Crippen LogP contribution in [0.5, 0.6) is 11.5 Å². The first-order valence-electron chi connectivity index (χ1n) is 7.42. The minimum atomic E-state index is -4.36. The van der Waals surface area contributed by atoms with Crippen LogP contribution in [0.25, 0.3) is 11.3 Å². The monoisotopic (exact) mass is 361 g/mol. The van der Waals surface area contributed by atoms with Gasteiger partial charge in [-0.25, -0.2) is 0 Å². The van der Waals surface area contributed by atoms with Crippen molar-refractivity contribution in [1.82, 2.24) is 4.98 Å². The molecule has 3 aromatic rings. The number of aromatic nitrogens is 1. The molecule has 0 radical (unpaired) electrons. The van der Waals surface area contributed by atoms with Crippen LogP contribution in [0.4, 0.5) is 13.2 Å². The molecule has 0 aliphatic carbocycles. The summed E-state index contributed by atoms with van der Waals surface area (Å²) in [4.78, 5) is 5.48. The third-order valence-electron chi connectivity index (χ3n) is 3.54. The second kappa shape index (κ2) is 7.19. The molecule has 0 spiro atoms. The molecule has 0 bridgehead atoms. The van der Waals surface area contributed by atoms with E-state index in [1.807, 2.05) is 30.5 Å². The summed E-state index contributed by atoms with van der Waals surface area (Å²) in [6.07, 6.45) is -0.719. The summed E-state index contributed by atoms with van der Waals surface area (Å²) in [6.45, 7) is 0. The first-order chi connectivity index (χ1) is 12.0. The normalized spacial score (nSPS) is 11.4. The van der Waals surface area contributed by atoms with Gasteiger partial charge in [-0.1, -0.05) is 12.1 Å². The fourth-order valence-corrected chi connectivity index (χ4v) is 2.69. The van der Waals surface area contributed by atoms with Crippen molar-refractivity contribution in [3.8, 4) is 22.8 Å². The van der Waals surface area contributed by atoms with E-state index in [9.17, 15) is 13.2 Å². The molecule has 0 N–H and O–H groups in total. The average Bonchev–Trinajstić information content (AvgIpc) is 2.62. The number of thioether (sulfide) groups is 1. The molecule has 3 rings (SSSR count). The maximum Gasteiger partial charge on any atom is 0.416 e. The lowest BCUT2D eigenvalue weighted by molar-refractivity contribution is -0.137. The van der Waals surface area contributed by atoms with E-state index in [-0.39, 0.29) is 0 Å². The Kier molecular flexibility index (Phi) is 4.99. The van der Waals surface area contributed by atoms with Crippen LogP contribution in [-0.2, 0) is 6.18 Å². The molecule has 0 aliphatic rings. The Morgan fingerprint density at radius 3 is 2.20 bits per heavy atom. The molecule has 0 unspecified atom stereocenters. The number of nitrogens with zero attached hydrogens (tertiary/aromatic N) is 1. The predicted octanol–water partition coefficient (Wildman–Crippen LogP) is 6.28. The van der Waals surface area contributed by atoms with Crippen molar-refractivity contribution in [2.75, 3.05) is 6.26 Å². The largest absolute Gasteiger partial charge is 0.455 e. The fourth-order valence-electron chi connectivity index (χ4n) is 2.28. The van der Waals surface area contributed by atoms with Gasteiger partial charge in [0.15, 0.2) is 5.75 Å². The van der Waals surface area contributed by atoms with Crippen molar-refractivity contribution in [3.05, 3.63) is 72.4 Å². The highest BCUT2D eigenvalue weighted by atomic mass is 32.2. The highest BCUT2D eigenvalue weighted by Gasteiger charge is 2.30. The standard InChI is InChI=1S/C19H14F3NOS/c1-25-16-10-4-13(5-11-16)18-17(3-2-12-23-18)24-15-8-6-14(7-9-15)19(20,21)22/h2-12H,1H3. The smallest absolute Gasteiger partial charge is 0.416 e. The topological polar surface area (TPSA) is 22.1 Å². The fraction of sp³-hybridized carbons (Fsp3) is 0.105. The molecule has 0 atom stereocenters. The Balaban J connectivity index is 1.88. The van der Waals surface area contributed by atoms with Crippen molar-refractivity contribution in [2.24, 2.45) is 0 Å². The minimum absolute atomic E-state index is 0.322. The van der Waals surface area contributed by atoms with Gasteiger partial charge in [-0.15, -0.1) is 11.8 Å². The van der Waals surface area contributed by atoms with E-state index >= 15 is 0 Å². The molecule has 0 amide bonds. The number of pyridine rings is 1. The van der Waals surface area contributed by atoms with E-state index in [4.69, 9.17) is 4.74 Å². The lowest BCUT2D eigenvalue weighted by atomic mass is 10.1. The summed E-state index contributed by atoms with van der Waals surface area (Å²) in [5.74, 6) is 0.808. The van der Waals surface area contributed by atoms with E-state index in [1.165, 1.54) is 12.1 Å². The Hall–Kier alpha value is -2.47. The third-order valence-corrected chi connectivity index (χ3v) is 4.29. The van der Waals surface area contributed by atoms with E-state index in [0.717, 1.165) is 22.6 Å². The van der Waals surface area contributed by atoms with Gasteiger partial charge in [-0.2, -0.15) is 13.2 Å². The summed E-state index contributed by atoms with van der Waals surface area (Å²) in [5, 5.41) is 0. The van der Waals surface area contributed by atoms with Crippen LogP contribution in [0.1, 0.15) is 5.56 Å². The summed E-state index contributed by atoms with van der Waals surface area (Å²) >= 11 is 1.64. The first-order valence-corrected chi connectivity index (χ1v) is 8.64. The third kappa shape index (κ3) is 4.14. The molecule has 0 saturated carbocycles. The van der Waals surface area contributed by atoms with Crippen LogP contribution in [0.2, 0.25) is 0 Å². The van der Waals surface area contributed by atoms with Gasteiger partial charge in [0.1, 0.15) is 11.4 Å². The van der Waals surface area contributed by atoms with Gasteiger partial charge in [-0.3, -0.25) is 4.98 Å². The average molecular weight is 361 g/mol. The van der Waals surface area contributed by atoms with Crippen LogP contribution >= 0.6 is 11.8 Å². The summed E-state index contributed by atoms with van der Waals surface area (Å²) in [7, 11) is 0. The molecule has 0 fully saturated rings. The van der Waals surface area contributed by atoms with Crippen LogP contribution < -0.4 is 4.74 Å². The van der Waals surface area contributed by atoms with Gasteiger partial charge in [0.25, 0.3) is 0 Å². The highest BCUT2D eigenvalue weighted by molar-refractivity contribution is 7.98. The van der Waals surface area contributed by atoms with Crippen molar-refractivity contribution in [2.45, 2.75) is 11.1 Å². The molecule has 2 aromatic carbocycles. The molecule has 2 nitrogen and oxygen atoms in total. The zero-order chi connectivity index (χ0) is 17.9. The van der Waals surface area contributed by atoms with Crippen molar-refractivity contribution >= 4 is 11.8 Å². The summed E-state index contributed by atoms with van der Waals surface area (Å²) in [6, 6.07) is 15.9. The van der Waals surface area contributed by atoms with E-state index in [1.54, 1.807) is 30.1 Å². The van der Waals surface area contributed by atoms with E-state index in [0.29, 0.717) is 17.2 Å². The number of benzene rings is 2. The molecule has 6 heteroatoms. The van der Waals surface area contributed by atoms with Crippen molar-refractivity contribution < 1.29 is 17.9 Å². The maximum absolute atomic E-state index is 12.6. The number of rotatable bonds is 4. The number of hydrogen-bond acceptors (Lipinski definition) is 3. The molecular weight excluding hydrogens is 347 g/mol. The predicted molar refractivity (Wildman–Crippen MR) is 93.0 cm³/mol. The molecule has 0 aliphatic heterocycles. The Morgan fingerprint density at radius 2 is 1.60 bits per heavy atom. The second-order valence-electron chi connectivity index (χ2n) is 5.20. The molecule has 1 heterocycles. The summed E-state index contributed by atoms with van der Waals surface area (Å²) in [5.41, 5.74) is 0.800. The van der Waals surface area contributed by atoms with Gasteiger partial charge in [-0.05, 0) is 54.8 Å². The zero-order valence-corrected chi connectivity index (χ0v) is 14.1. The maximum atomic E-state index is 12.6.